The summed E-state index contributed by atoms with van der Waals surface area (Å²) in [4.78, 5) is 23.3. The highest BCUT2D eigenvalue weighted by Crippen LogP contribution is 2.41. The number of benzene rings is 2. The fraction of sp³-hybridized carbons (Fsp3) is 0.350. The average molecular weight is 370 g/mol. The molecule has 1 aliphatic heterocycles. The third-order valence-electron chi connectivity index (χ3n) is 4.55. The highest BCUT2D eigenvalue weighted by Gasteiger charge is 2.35. The molecule has 0 radical (unpaired) electrons. The highest BCUT2D eigenvalue weighted by atomic mass is 16.6. The van der Waals surface area contributed by atoms with E-state index in [0.29, 0.717) is 23.5 Å². The van der Waals surface area contributed by atoms with Crippen LogP contribution in [-0.2, 0) is 11.2 Å². The van der Waals surface area contributed by atoms with E-state index < -0.39 is 10.5 Å². The Morgan fingerprint density at radius 1 is 1.33 bits per heavy atom. The predicted molar refractivity (Wildman–Crippen MR) is 100 cm³/mol. The second-order valence-electron chi connectivity index (χ2n) is 7.15. The standard InChI is InChI=1S/C20H22N2O5/c1-20(2)12-16(15-11-14(26-3)8-9-18(15)27-20)21-19(23)10-13-6-4-5-7-17(13)22(24)25/h4-9,11,16H,10,12H2,1-3H3,(H,21,23)/t16-/m1/s1. The summed E-state index contributed by atoms with van der Waals surface area (Å²) < 4.78 is 11.3. The third kappa shape index (κ3) is 4.19. The van der Waals surface area contributed by atoms with Crippen LogP contribution in [-0.4, -0.2) is 23.5 Å². The zero-order chi connectivity index (χ0) is 19.6. The average Bonchev–Trinajstić information content (AvgIpc) is 2.60. The van der Waals surface area contributed by atoms with Crippen LogP contribution < -0.4 is 14.8 Å². The topological polar surface area (TPSA) is 90.7 Å². The molecule has 1 amide bonds. The van der Waals surface area contributed by atoms with Gasteiger partial charge in [-0.05, 0) is 32.0 Å². The summed E-state index contributed by atoms with van der Waals surface area (Å²) in [5, 5.41) is 14.2. The van der Waals surface area contributed by atoms with Crippen molar-refractivity contribution in [1.29, 1.82) is 0 Å². The summed E-state index contributed by atoms with van der Waals surface area (Å²) >= 11 is 0. The fourth-order valence-corrected chi connectivity index (χ4v) is 3.35. The Hall–Kier alpha value is -3.09. The number of methoxy groups -OCH3 is 1. The Morgan fingerprint density at radius 2 is 2.07 bits per heavy atom. The first kappa shape index (κ1) is 18.7. The van der Waals surface area contributed by atoms with Gasteiger partial charge in [0, 0.05) is 23.6 Å². The van der Waals surface area contributed by atoms with E-state index in [2.05, 4.69) is 5.32 Å². The summed E-state index contributed by atoms with van der Waals surface area (Å²) in [6, 6.07) is 11.5. The molecule has 2 aromatic carbocycles. The maximum absolute atomic E-state index is 12.6. The number of para-hydroxylation sites is 1. The maximum Gasteiger partial charge on any atom is 0.273 e. The molecule has 7 heteroatoms. The number of hydrogen-bond donors (Lipinski definition) is 1. The van der Waals surface area contributed by atoms with Gasteiger partial charge in [-0.25, -0.2) is 0 Å². The smallest absolute Gasteiger partial charge is 0.273 e. The van der Waals surface area contributed by atoms with E-state index in [9.17, 15) is 14.9 Å². The molecule has 3 rings (SSSR count). The van der Waals surface area contributed by atoms with Crippen molar-refractivity contribution in [2.75, 3.05) is 7.11 Å². The van der Waals surface area contributed by atoms with E-state index in [1.54, 1.807) is 25.3 Å². The number of rotatable bonds is 5. The minimum absolute atomic E-state index is 0.0537. The normalized spacial score (nSPS) is 17.4. The van der Waals surface area contributed by atoms with Gasteiger partial charge in [0.2, 0.25) is 5.91 Å². The summed E-state index contributed by atoms with van der Waals surface area (Å²) in [5.41, 5.74) is 0.724. The molecule has 1 aliphatic rings. The number of fused-ring (bicyclic) bond motifs is 1. The molecular weight excluding hydrogens is 348 g/mol. The molecular formula is C20H22N2O5. The minimum atomic E-state index is -0.472. The predicted octanol–water partition coefficient (Wildman–Crippen LogP) is 3.56. The Labute approximate surface area is 157 Å². The number of hydrogen-bond acceptors (Lipinski definition) is 5. The summed E-state index contributed by atoms with van der Waals surface area (Å²) in [6.45, 7) is 3.92. The van der Waals surface area contributed by atoms with Gasteiger partial charge >= 0.3 is 0 Å². The molecule has 0 saturated carbocycles. The summed E-state index contributed by atoms with van der Waals surface area (Å²) in [5.74, 6) is 1.10. The molecule has 1 heterocycles. The maximum atomic E-state index is 12.6. The van der Waals surface area contributed by atoms with Crippen molar-refractivity contribution >= 4 is 11.6 Å². The fourth-order valence-electron chi connectivity index (χ4n) is 3.35. The second-order valence-corrected chi connectivity index (χ2v) is 7.15. The Bertz CT molecular complexity index is 878. The molecule has 0 spiro atoms. The SMILES string of the molecule is COc1ccc2c(c1)[C@H](NC(=O)Cc1ccccc1[N+](=O)[O-])CC(C)(C)O2. The quantitative estimate of drug-likeness (QED) is 0.642. The van der Waals surface area contributed by atoms with Crippen molar-refractivity contribution in [2.24, 2.45) is 0 Å². The van der Waals surface area contributed by atoms with Crippen molar-refractivity contribution in [2.45, 2.75) is 38.3 Å². The van der Waals surface area contributed by atoms with Crippen molar-refractivity contribution in [3.05, 3.63) is 63.7 Å². The zero-order valence-corrected chi connectivity index (χ0v) is 15.5. The molecule has 0 fully saturated rings. The molecule has 7 nitrogen and oxygen atoms in total. The van der Waals surface area contributed by atoms with Crippen LogP contribution >= 0.6 is 0 Å². The van der Waals surface area contributed by atoms with E-state index >= 15 is 0 Å². The first-order valence-corrected chi connectivity index (χ1v) is 8.68. The molecule has 0 unspecified atom stereocenters. The van der Waals surface area contributed by atoms with Crippen LogP contribution in [0.15, 0.2) is 42.5 Å². The number of ether oxygens (including phenoxy) is 2. The van der Waals surface area contributed by atoms with Crippen LogP contribution in [0.1, 0.15) is 37.4 Å². The van der Waals surface area contributed by atoms with E-state index in [1.807, 2.05) is 32.0 Å². The van der Waals surface area contributed by atoms with Crippen LogP contribution in [0.3, 0.4) is 0 Å². The van der Waals surface area contributed by atoms with Gasteiger partial charge in [0.05, 0.1) is 24.5 Å². The largest absolute Gasteiger partial charge is 0.497 e. The minimum Gasteiger partial charge on any atom is -0.497 e. The molecule has 1 N–H and O–H groups in total. The molecule has 0 aliphatic carbocycles. The first-order chi connectivity index (χ1) is 12.8. The van der Waals surface area contributed by atoms with Gasteiger partial charge in [0.1, 0.15) is 17.1 Å². The second kappa shape index (κ2) is 7.26. The molecule has 0 aromatic heterocycles. The van der Waals surface area contributed by atoms with Gasteiger partial charge in [0.15, 0.2) is 0 Å². The van der Waals surface area contributed by atoms with Crippen molar-refractivity contribution in [1.82, 2.24) is 5.32 Å². The monoisotopic (exact) mass is 370 g/mol. The summed E-state index contributed by atoms with van der Waals surface area (Å²) in [6.07, 6.45) is 0.518. The molecule has 27 heavy (non-hydrogen) atoms. The number of carbonyl (C=O) groups is 1. The number of carbonyl (C=O) groups excluding carboxylic acids is 1. The van der Waals surface area contributed by atoms with Gasteiger partial charge in [0.25, 0.3) is 5.69 Å². The molecule has 0 bridgehead atoms. The Balaban J connectivity index is 1.83. The van der Waals surface area contributed by atoms with Crippen molar-refractivity contribution < 1.29 is 19.2 Å². The van der Waals surface area contributed by atoms with E-state index in [0.717, 1.165) is 5.56 Å². The zero-order valence-electron chi connectivity index (χ0n) is 15.5. The Kier molecular flexibility index (Phi) is 5.03. The number of nitro groups is 1. The van der Waals surface area contributed by atoms with Crippen molar-refractivity contribution in [3.63, 3.8) is 0 Å². The van der Waals surface area contributed by atoms with Crippen LogP contribution in [0, 0.1) is 10.1 Å². The van der Waals surface area contributed by atoms with Crippen LogP contribution in [0.4, 0.5) is 5.69 Å². The lowest BCUT2D eigenvalue weighted by Gasteiger charge is -2.38. The number of nitrogens with zero attached hydrogens (tertiary/aromatic N) is 1. The van der Waals surface area contributed by atoms with Crippen LogP contribution in [0.25, 0.3) is 0 Å². The van der Waals surface area contributed by atoms with Gasteiger partial charge in [-0.2, -0.15) is 0 Å². The molecule has 2 aromatic rings. The lowest BCUT2D eigenvalue weighted by molar-refractivity contribution is -0.385. The molecule has 142 valence electrons. The number of amides is 1. The van der Waals surface area contributed by atoms with E-state index in [-0.39, 0.29) is 24.1 Å². The highest BCUT2D eigenvalue weighted by molar-refractivity contribution is 5.80. The van der Waals surface area contributed by atoms with Gasteiger partial charge < -0.3 is 14.8 Å². The van der Waals surface area contributed by atoms with Gasteiger partial charge in [-0.3, -0.25) is 14.9 Å². The van der Waals surface area contributed by atoms with Gasteiger partial charge in [-0.15, -0.1) is 0 Å². The van der Waals surface area contributed by atoms with Gasteiger partial charge in [-0.1, -0.05) is 18.2 Å². The Morgan fingerprint density at radius 3 is 2.78 bits per heavy atom. The van der Waals surface area contributed by atoms with Crippen LogP contribution in [0.2, 0.25) is 0 Å². The number of nitrogens with one attached hydrogen (secondary N) is 1. The van der Waals surface area contributed by atoms with Crippen molar-refractivity contribution in [3.8, 4) is 11.5 Å². The lowest BCUT2D eigenvalue weighted by Crippen LogP contribution is -2.41. The third-order valence-corrected chi connectivity index (χ3v) is 4.55. The number of nitro benzene ring substituents is 1. The van der Waals surface area contributed by atoms with E-state index in [4.69, 9.17) is 9.47 Å². The molecule has 0 saturated heterocycles. The molecule has 1 atom stereocenters. The van der Waals surface area contributed by atoms with E-state index in [1.165, 1.54) is 6.07 Å². The summed E-state index contributed by atoms with van der Waals surface area (Å²) in [7, 11) is 1.58. The van der Waals surface area contributed by atoms with Crippen LogP contribution in [0.5, 0.6) is 11.5 Å². The lowest BCUT2D eigenvalue weighted by atomic mass is 9.89. The first-order valence-electron chi connectivity index (χ1n) is 8.68.